The minimum Gasteiger partial charge on any atom is -0.472 e. The van der Waals surface area contributed by atoms with Crippen LogP contribution in [0.2, 0.25) is 0 Å². The molecule has 0 bridgehead atoms. The summed E-state index contributed by atoms with van der Waals surface area (Å²) in [6.07, 6.45) is 1.96. The van der Waals surface area contributed by atoms with Gasteiger partial charge in [-0.1, -0.05) is 12.1 Å². The molecule has 1 aromatic rings. The number of benzene rings is 1. The predicted octanol–water partition coefficient (Wildman–Crippen LogP) is 0.904. The number of rotatable bonds is 1. The van der Waals surface area contributed by atoms with E-state index in [0.717, 1.165) is 25.9 Å². The standard InChI is InChI=1S/C12H14N2O3S/c15-18(16)11-6-2-1-5-10(11)12(14-18)17-9-4-3-7-13-8-9/h1-2,5-6,9,13H,3-4,7-8H2. The summed E-state index contributed by atoms with van der Waals surface area (Å²) in [5.74, 6) is 0.235. The van der Waals surface area contributed by atoms with Gasteiger partial charge in [0.05, 0.1) is 5.56 Å². The van der Waals surface area contributed by atoms with Crippen LogP contribution in [-0.4, -0.2) is 33.5 Å². The van der Waals surface area contributed by atoms with Gasteiger partial charge in [0.15, 0.2) is 0 Å². The van der Waals surface area contributed by atoms with Gasteiger partial charge in [0.2, 0.25) is 5.90 Å². The number of hydrogen-bond donors (Lipinski definition) is 1. The van der Waals surface area contributed by atoms with E-state index in [1.54, 1.807) is 24.3 Å². The van der Waals surface area contributed by atoms with Crippen LogP contribution < -0.4 is 5.32 Å². The maximum absolute atomic E-state index is 11.8. The number of piperidine rings is 1. The van der Waals surface area contributed by atoms with Gasteiger partial charge in [0.1, 0.15) is 11.0 Å². The Labute approximate surface area is 106 Å². The molecule has 0 amide bonds. The van der Waals surface area contributed by atoms with E-state index in [4.69, 9.17) is 4.74 Å². The van der Waals surface area contributed by atoms with E-state index in [0.29, 0.717) is 5.56 Å². The van der Waals surface area contributed by atoms with Crippen molar-refractivity contribution >= 4 is 15.9 Å². The van der Waals surface area contributed by atoms with Crippen molar-refractivity contribution in [3.63, 3.8) is 0 Å². The Bertz CT molecular complexity index is 589. The zero-order chi connectivity index (χ0) is 12.6. The van der Waals surface area contributed by atoms with Crippen LogP contribution in [0, 0.1) is 0 Å². The van der Waals surface area contributed by atoms with Gasteiger partial charge in [-0.25, -0.2) is 0 Å². The summed E-state index contributed by atoms with van der Waals surface area (Å²) in [7, 11) is -3.56. The molecule has 18 heavy (non-hydrogen) atoms. The van der Waals surface area contributed by atoms with E-state index >= 15 is 0 Å². The second-order valence-electron chi connectivity index (χ2n) is 4.45. The van der Waals surface area contributed by atoms with Crippen LogP contribution in [0.1, 0.15) is 18.4 Å². The summed E-state index contributed by atoms with van der Waals surface area (Å²) in [6.45, 7) is 1.72. The van der Waals surface area contributed by atoms with Crippen molar-refractivity contribution in [1.82, 2.24) is 5.32 Å². The first-order valence-electron chi connectivity index (χ1n) is 5.98. The van der Waals surface area contributed by atoms with Crippen LogP contribution in [-0.2, 0) is 14.8 Å². The Morgan fingerprint density at radius 2 is 2.17 bits per heavy atom. The van der Waals surface area contributed by atoms with Crippen molar-refractivity contribution in [3.05, 3.63) is 29.8 Å². The minimum atomic E-state index is -3.56. The van der Waals surface area contributed by atoms with E-state index in [9.17, 15) is 8.42 Å². The third kappa shape index (κ3) is 2.02. The minimum absolute atomic E-state index is 0.00106. The van der Waals surface area contributed by atoms with Crippen molar-refractivity contribution in [2.45, 2.75) is 23.8 Å². The Morgan fingerprint density at radius 3 is 2.94 bits per heavy atom. The average Bonchev–Trinajstić information content (AvgIpc) is 2.63. The van der Waals surface area contributed by atoms with E-state index < -0.39 is 10.0 Å². The van der Waals surface area contributed by atoms with E-state index in [1.807, 2.05) is 0 Å². The fraction of sp³-hybridized carbons (Fsp3) is 0.417. The van der Waals surface area contributed by atoms with Crippen molar-refractivity contribution in [1.29, 1.82) is 0 Å². The number of nitrogens with zero attached hydrogens (tertiary/aromatic N) is 1. The molecule has 1 aromatic carbocycles. The van der Waals surface area contributed by atoms with Crippen molar-refractivity contribution < 1.29 is 13.2 Å². The van der Waals surface area contributed by atoms with E-state index in [2.05, 4.69) is 9.71 Å². The SMILES string of the molecule is O=S1(=O)N=C(OC2CCCNC2)c2ccccc21. The monoisotopic (exact) mass is 266 g/mol. The largest absolute Gasteiger partial charge is 0.472 e. The Kier molecular flexibility index (Phi) is 2.83. The molecule has 5 nitrogen and oxygen atoms in total. The molecule has 1 saturated heterocycles. The molecule has 0 aromatic heterocycles. The summed E-state index contributed by atoms with van der Waals surface area (Å²) >= 11 is 0. The molecule has 96 valence electrons. The second kappa shape index (κ2) is 4.37. The number of sulfonamides is 1. The molecule has 0 radical (unpaired) electrons. The fourth-order valence-electron chi connectivity index (χ4n) is 2.24. The van der Waals surface area contributed by atoms with Gasteiger partial charge in [-0.3, -0.25) is 0 Å². The summed E-state index contributed by atoms with van der Waals surface area (Å²) in [5, 5.41) is 3.22. The molecule has 2 aliphatic rings. The summed E-state index contributed by atoms with van der Waals surface area (Å²) in [4.78, 5) is 0.240. The van der Waals surface area contributed by atoms with Crippen molar-refractivity contribution in [2.24, 2.45) is 4.40 Å². The normalized spacial score (nSPS) is 25.3. The Hall–Kier alpha value is -1.40. The highest BCUT2D eigenvalue weighted by molar-refractivity contribution is 7.90. The van der Waals surface area contributed by atoms with Crippen molar-refractivity contribution in [2.75, 3.05) is 13.1 Å². The van der Waals surface area contributed by atoms with E-state index in [1.165, 1.54) is 0 Å². The van der Waals surface area contributed by atoms with Gasteiger partial charge < -0.3 is 10.1 Å². The van der Waals surface area contributed by atoms with Gasteiger partial charge in [-0.2, -0.15) is 8.42 Å². The third-order valence-electron chi connectivity index (χ3n) is 3.13. The topological polar surface area (TPSA) is 67.8 Å². The highest BCUT2D eigenvalue weighted by Gasteiger charge is 2.31. The first-order valence-corrected chi connectivity index (χ1v) is 7.42. The predicted molar refractivity (Wildman–Crippen MR) is 67.1 cm³/mol. The lowest BCUT2D eigenvalue weighted by Gasteiger charge is -2.23. The molecule has 0 spiro atoms. The van der Waals surface area contributed by atoms with E-state index in [-0.39, 0.29) is 16.9 Å². The average molecular weight is 266 g/mol. The summed E-state index contributed by atoms with van der Waals surface area (Å²) in [6, 6.07) is 6.77. The molecule has 2 heterocycles. The second-order valence-corrected chi connectivity index (χ2v) is 6.03. The summed E-state index contributed by atoms with van der Waals surface area (Å²) in [5.41, 5.74) is 0.572. The van der Waals surface area contributed by atoms with Crippen LogP contribution in [0.15, 0.2) is 33.6 Å². The molecule has 1 unspecified atom stereocenters. The smallest absolute Gasteiger partial charge is 0.286 e. The molecule has 6 heteroatoms. The lowest BCUT2D eigenvalue weighted by Crippen LogP contribution is -2.36. The molecule has 1 N–H and O–H groups in total. The van der Waals surface area contributed by atoms with Crippen LogP contribution >= 0.6 is 0 Å². The molecular formula is C12H14N2O3S. The molecular weight excluding hydrogens is 252 g/mol. The first-order chi connectivity index (χ1) is 8.67. The van der Waals surface area contributed by atoms with Gasteiger partial charge in [-0.05, 0) is 31.5 Å². The zero-order valence-electron chi connectivity index (χ0n) is 9.80. The quantitative estimate of drug-likeness (QED) is 0.820. The third-order valence-corrected chi connectivity index (χ3v) is 4.45. The van der Waals surface area contributed by atoms with Crippen LogP contribution in [0.25, 0.3) is 0 Å². The van der Waals surface area contributed by atoms with Gasteiger partial charge >= 0.3 is 0 Å². The molecule has 2 aliphatic heterocycles. The Balaban J connectivity index is 1.89. The van der Waals surface area contributed by atoms with Crippen molar-refractivity contribution in [3.8, 4) is 0 Å². The highest BCUT2D eigenvalue weighted by Crippen LogP contribution is 2.27. The zero-order valence-corrected chi connectivity index (χ0v) is 10.6. The fourth-order valence-corrected chi connectivity index (χ4v) is 3.38. The number of hydrogen-bond acceptors (Lipinski definition) is 4. The molecule has 0 aliphatic carbocycles. The number of nitrogens with one attached hydrogen (secondary N) is 1. The lowest BCUT2D eigenvalue weighted by atomic mass is 10.1. The van der Waals surface area contributed by atoms with Crippen LogP contribution in [0.4, 0.5) is 0 Å². The highest BCUT2D eigenvalue weighted by atomic mass is 32.2. The maximum Gasteiger partial charge on any atom is 0.286 e. The number of fused-ring (bicyclic) bond motifs is 1. The molecule has 3 rings (SSSR count). The lowest BCUT2D eigenvalue weighted by molar-refractivity contribution is 0.156. The molecule has 1 fully saturated rings. The Morgan fingerprint density at radius 1 is 1.33 bits per heavy atom. The van der Waals surface area contributed by atoms with Gasteiger partial charge in [0.25, 0.3) is 10.0 Å². The van der Waals surface area contributed by atoms with Crippen LogP contribution in [0.5, 0.6) is 0 Å². The maximum atomic E-state index is 11.8. The number of ether oxygens (including phenoxy) is 1. The summed E-state index contributed by atoms with van der Waals surface area (Å²) < 4.78 is 33.1. The molecule has 0 saturated carbocycles. The first kappa shape index (κ1) is 11.7. The van der Waals surface area contributed by atoms with Gasteiger partial charge in [-0.15, -0.1) is 4.40 Å². The van der Waals surface area contributed by atoms with Crippen LogP contribution in [0.3, 0.4) is 0 Å². The van der Waals surface area contributed by atoms with Gasteiger partial charge in [0, 0.05) is 6.54 Å². The molecule has 1 atom stereocenters.